The van der Waals surface area contributed by atoms with Crippen LogP contribution in [0.15, 0.2) is 18.2 Å². The molecule has 1 aliphatic rings. The molecule has 20 heavy (non-hydrogen) atoms. The van der Waals surface area contributed by atoms with Crippen molar-refractivity contribution < 1.29 is 19.4 Å². The van der Waals surface area contributed by atoms with Crippen molar-refractivity contribution in [2.75, 3.05) is 26.8 Å². The standard InChI is InChI=1S/C14H18ClNO4/c1-19-13-3-2-10(6-12(13)15)8-16-4-5-20-11(9-16)7-14(17)18/h2-3,6,11H,4-5,7-9H2,1H3,(H,17,18). The van der Waals surface area contributed by atoms with Gasteiger partial charge in [0.2, 0.25) is 0 Å². The Labute approximate surface area is 123 Å². The zero-order valence-electron chi connectivity index (χ0n) is 11.3. The van der Waals surface area contributed by atoms with Gasteiger partial charge in [0.25, 0.3) is 0 Å². The van der Waals surface area contributed by atoms with Crippen LogP contribution in [0.25, 0.3) is 0 Å². The van der Waals surface area contributed by atoms with Gasteiger partial charge in [0.15, 0.2) is 0 Å². The molecule has 1 saturated heterocycles. The molecule has 0 spiro atoms. The molecule has 1 fully saturated rings. The lowest BCUT2D eigenvalue weighted by molar-refractivity contribution is -0.142. The quantitative estimate of drug-likeness (QED) is 0.901. The van der Waals surface area contributed by atoms with Crippen molar-refractivity contribution in [2.45, 2.75) is 19.1 Å². The predicted molar refractivity (Wildman–Crippen MR) is 75.3 cm³/mol. The van der Waals surface area contributed by atoms with Gasteiger partial charge in [-0.15, -0.1) is 0 Å². The average molecular weight is 300 g/mol. The number of halogens is 1. The average Bonchev–Trinajstić information content (AvgIpc) is 2.38. The van der Waals surface area contributed by atoms with Gasteiger partial charge in [-0.25, -0.2) is 0 Å². The van der Waals surface area contributed by atoms with Crippen LogP contribution in [-0.2, 0) is 16.1 Å². The molecule has 1 N–H and O–H groups in total. The Hall–Kier alpha value is -1.30. The summed E-state index contributed by atoms with van der Waals surface area (Å²) in [5.41, 5.74) is 1.08. The number of benzene rings is 1. The Balaban J connectivity index is 1.95. The molecule has 2 rings (SSSR count). The third kappa shape index (κ3) is 4.10. The number of ether oxygens (including phenoxy) is 2. The van der Waals surface area contributed by atoms with Gasteiger partial charge in [0.05, 0.1) is 31.3 Å². The number of hydrogen-bond acceptors (Lipinski definition) is 4. The van der Waals surface area contributed by atoms with Gasteiger partial charge in [-0.3, -0.25) is 9.69 Å². The van der Waals surface area contributed by atoms with Crippen LogP contribution in [0.3, 0.4) is 0 Å². The Morgan fingerprint density at radius 2 is 2.40 bits per heavy atom. The van der Waals surface area contributed by atoms with Gasteiger partial charge in [0.1, 0.15) is 5.75 Å². The first-order chi connectivity index (χ1) is 9.58. The van der Waals surface area contributed by atoms with Crippen LogP contribution in [0.1, 0.15) is 12.0 Å². The van der Waals surface area contributed by atoms with Crippen LogP contribution in [0.4, 0.5) is 0 Å². The van der Waals surface area contributed by atoms with E-state index in [1.807, 2.05) is 18.2 Å². The molecule has 1 aliphatic heterocycles. The van der Waals surface area contributed by atoms with Crippen molar-refractivity contribution >= 4 is 17.6 Å². The smallest absolute Gasteiger partial charge is 0.306 e. The molecule has 1 atom stereocenters. The third-order valence-electron chi connectivity index (χ3n) is 3.25. The summed E-state index contributed by atoms with van der Waals surface area (Å²) in [7, 11) is 1.58. The SMILES string of the molecule is COc1ccc(CN2CCOC(CC(=O)O)C2)cc1Cl. The zero-order valence-corrected chi connectivity index (χ0v) is 12.1. The largest absolute Gasteiger partial charge is 0.495 e. The summed E-state index contributed by atoms with van der Waals surface area (Å²) in [5, 5.41) is 9.39. The summed E-state index contributed by atoms with van der Waals surface area (Å²) in [6.07, 6.45) is -0.199. The maximum absolute atomic E-state index is 10.7. The Kier molecular flexibility index (Phi) is 5.23. The highest BCUT2D eigenvalue weighted by atomic mass is 35.5. The number of aliphatic carboxylic acids is 1. The van der Waals surface area contributed by atoms with E-state index in [0.717, 1.165) is 18.7 Å². The van der Waals surface area contributed by atoms with Crippen LogP contribution < -0.4 is 4.74 Å². The van der Waals surface area contributed by atoms with Gasteiger partial charge < -0.3 is 14.6 Å². The van der Waals surface area contributed by atoms with E-state index in [4.69, 9.17) is 26.2 Å². The number of rotatable bonds is 5. The number of carbonyl (C=O) groups is 1. The van der Waals surface area contributed by atoms with Crippen molar-refractivity contribution in [3.8, 4) is 5.75 Å². The monoisotopic (exact) mass is 299 g/mol. The van der Waals surface area contributed by atoms with E-state index in [2.05, 4.69) is 4.90 Å². The minimum atomic E-state index is -0.829. The first-order valence-electron chi connectivity index (χ1n) is 6.46. The second-order valence-electron chi connectivity index (χ2n) is 4.79. The number of carboxylic acids is 1. The van der Waals surface area contributed by atoms with E-state index in [9.17, 15) is 4.79 Å². The molecule has 0 bridgehead atoms. The fourth-order valence-electron chi connectivity index (χ4n) is 2.31. The Morgan fingerprint density at radius 3 is 3.05 bits per heavy atom. The van der Waals surface area contributed by atoms with Crippen LogP contribution in [0.2, 0.25) is 5.02 Å². The van der Waals surface area contributed by atoms with Crippen molar-refractivity contribution in [1.82, 2.24) is 4.90 Å². The highest BCUT2D eigenvalue weighted by molar-refractivity contribution is 6.32. The molecule has 0 radical (unpaired) electrons. The lowest BCUT2D eigenvalue weighted by Gasteiger charge is -2.32. The minimum absolute atomic E-state index is 0.0415. The van der Waals surface area contributed by atoms with Gasteiger partial charge in [-0.1, -0.05) is 17.7 Å². The molecule has 1 heterocycles. The number of carboxylic acid groups (broad SMARTS) is 1. The third-order valence-corrected chi connectivity index (χ3v) is 3.54. The summed E-state index contributed by atoms with van der Waals surface area (Å²) in [6, 6.07) is 5.68. The van der Waals surface area contributed by atoms with Crippen molar-refractivity contribution in [3.05, 3.63) is 28.8 Å². The number of morpholine rings is 1. The summed E-state index contributed by atoms with van der Waals surface area (Å²) in [5.74, 6) is -0.175. The van der Waals surface area contributed by atoms with Crippen molar-refractivity contribution in [3.63, 3.8) is 0 Å². The highest BCUT2D eigenvalue weighted by Crippen LogP contribution is 2.25. The highest BCUT2D eigenvalue weighted by Gasteiger charge is 2.22. The second-order valence-corrected chi connectivity index (χ2v) is 5.20. The van der Waals surface area contributed by atoms with E-state index in [1.165, 1.54) is 0 Å². The molecule has 0 saturated carbocycles. The molecular weight excluding hydrogens is 282 g/mol. The van der Waals surface area contributed by atoms with Gasteiger partial charge in [-0.2, -0.15) is 0 Å². The fourth-order valence-corrected chi connectivity index (χ4v) is 2.59. The summed E-state index contributed by atoms with van der Waals surface area (Å²) >= 11 is 6.10. The molecule has 110 valence electrons. The number of hydrogen-bond donors (Lipinski definition) is 1. The predicted octanol–water partition coefficient (Wildman–Crippen LogP) is 2.02. The normalized spacial score (nSPS) is 19.8. The summed E-state index contributed by atoms with van der Waals surface area (Å²) in [4.78, 5) is 12.9. The minimum Gasteiger partial charge on any atom is -0.495 e. The first-order valence-corrected chi connectivity index (χ1v) is 6.84. The zero-order chi connectivity index (χ0) is 14.5. The lowest BCUT2D eigenvalue weighted by Crippen LogP contribution is -2.42. The molecule has 0 aromatic heterocycles. The second kappa shape index (κ2) is 6.92. The van der Waals surface area contributed by atoms with Crippen LogP contribution >= 0.6 is 11.6 Å². The maximum Gasteiger partial charge on any atom is 0.306 e. The molecule has 1 unspecified atom stereocenters. The summed E-state index contributed by atoms with van der Waals surface area (Å²) < 4.78 is 10.6. The van der Waals surface area contributed by atoms with Crippen LogP contribution in [-0.4, -0.2) is 48.9 Å². The van der Waals surface area contributed by atoms with Gasteiger partial charge >= 0.3 is 5.97 Å². The van der Waals surface area contributed by atoms with E-state index < -0.39 is 5.97 Å². The van der Waals surface area contributed by atoms with Crippen molar-refractivity contribution in [1.29, 1.82) is 0 Å². The van der Waals surface area contributed by atoms with Gasteiger partial charge in [-0.05, 0) is 17.7 Å². The molecule has 0 amide bonds. The Bertz CT molecular complexity index is 480. The first kappa shape index (κ1) is 15.1. The van der Waals surface area contributed by atoms with E-state index in [0.29, 0.717) is 23.9 Å². The molecular formula is C14H18ClNO4. The molecule has 5 nitrogen and oxygen atoms in total. The fraction of sp³-hybridized carbons (Fsp3) is 0.500. The van der Waals surface area contributed by atoms with Crippen LogP contribution in [0.5, 0.6) is 5.75 Å². The summed E-state index contributed by atoms with van der Waals surface area (Å²) in [6.45, 7) is 2.70. The molecule has 1 aromatic carbocycles. The van der Waals surface area contributed by atoms with Gasteiger partial charge in [0, 0.05) is 19.6 Å². The molecule has 1 aromatic rings. The number of methoxy groups -OCH3 is 1. The van der Waals surface area contributed by atoms with E-state index in [-0.39, 0.29) is 12.5 Å². The number of nitrogens with zero attached hydrogens (tertiary/aromatic N) is 1. The van der Waals surface area contributed by atoms with Crippen LogP contribution in [0, 0.1) is 0 Å². The maximum atomic E-state index is 10.7. The Morgan fingerprint density at radius 1 is 1.60 bits per heavy atom. The van der Waals surface area contributed by atoms with E-state index in [1.54, 1.807) is 7.11 Å². The molecule has 0 aliphatic carbocycles. The lowest BCUT2D eigenvalue weighted by atomic mass is 10.1. The molecule has 6 heteroatoms. The van der Waals surface area contributed by atoms with E-state index >= 15 is 0 Å². The van der Waals surface area contributed by atoms with Crippen molar-refractivity contribution in [2.24, 2.45) is 0 Å². The topological polar surface area (TPSA) is 59.0 Å².